The van der Waals surface area contributed by atoms with E-state index in [0.29, 0.717) is 0 Å². The summed E-state index contributed by atoms with van der Waals surface area (Å²) in [5.74, 6) is 0. The van der Waals surface area contributed by atoms with Gasteiger partial charge in [-0.2, -0.15) is 0 Å². The number of hydrogen-bond acceptors (Lipinski definition) is 1. The van der Waals surface area contributed by atoms with Crippen LogP contribution in [0.3, 0.4) is 0 Å². The van der Waals surface area contributed by atoms with Crippen LogP contribution in [0.15, 0.2) is 261 Å². The van der Waals surface area contributed by atoms with Gasteiger partial charge in [0.25, 0.3) is 0 Å². The van der Waals surface area contributed by atoms with Gasteiger partial charge in [0.2, 0.25) is 0 Å². The van der Waals surface area contributed by atoms with Gasteiger partial charge in [0, 0.05) is 16.6 Å². The summed E-state index contributed by atoms with van der Waals surface area (Å²) in [5, 5.41) is 7.37. The minimum atomic E-state index is -0.331. The van der Waals surface area contributed by atoms with Crippen molar-refractivity contribution < 1.29 is 0 Å². The molecule has 2 aliphatic carbocycles. The molecule has 0 unspecified atom stereocenters. The smallest absolute Gasteiger partial charge is 0.0725 e. The summed E-state index contributed by atoms with van der Waals surface area (Å²) in [6, 6.07) is 96.7. The largest absolute Gasteiger partial charge is 0.309 e. The molecule has 68 heavy (non-hydrogen) atoms. The first-order valence-corrected chi connectivity index (χ1v) is 23.7. The van der Waals surface area contributed by atoms with Crippen LogP contribution >= 0.6 is 0 Å². The Balaban J connectivity index is 0.870. The number of fused-ring (bicyclic) bond motifs is 14. The molecule has 12 aromatic carbocycles. The van der Waals surface area contributed by atoms with E-state index in [9.17, 15) is 0 Å². The zero-order chi connectivity index (χ0) is 44.8. The monoisotopic (exact) mass is 861 g/mol. The Morgan fingerprint density at radius 1 is 0.250 bits per heavy atom. The molecule has 0 aliphatic heterocycles. The summed E-state index contributed by atoms with van der Waals surface area (Å²) < 4.78 is 0. The van der Waals surface area contributed by atoms with E-state index in [1.54, 1.807) is 0 Å². The molecule has 0 atom stereocenters. The third-order valence-electron chi connectivity index (χ3n) is 14.9. The van der Waals surface area contributed by atoms with Crippen molar-refractivity contribution >= 4 is 49.4 Å². The predicted octanol–water partition coefficient (Wildman–Crippen LogP) is 18.0. The highest BCUT2D eigenvalue weighted by molar-refractivity contribution is 6.16. The van der Waals surface area contributed by atoms with Crippen molar-refractivity contribution in [2.75, 3.05) is 4.90 Å². The second-order valence-corrected chi connectivity index (χ2v) is 18.3. The van der Waals surface area contributed by atoms with Crippen molar-refractivity contribution in [1.29, 1.82) is 0 Å². The number of hydrogen-bond donors (Lipinski definition) is 0. The lowest BCUT2D eigenvalue weighted by Crippen LogP contribution is -2.25. The molecule has 12 aromatic rings. The Kier molecular flexibility index (Phi) is 8.57. The van der Waals surface area contributed by atoms with Crippen LogP contribution in [-0.2, 0) is 5.41 Å². The number of anilines is 3. The molecule has 1 heteroatoms. The van der Waals surface area contributed by atoms with E-state index in [2.05, 4.69) is 266 Å². The molecule has 0 aromatic heterocycles. The van der Waals surface area contributed by atoms with Gasteiger partial charge in [-0.3, -0.25) is 0 Å². The van der Waals surface area contributed by atoms with Crippen LogP contribution in [0.2, 0.25) is 0 Å². The van der Waals surface area contributed by atoms with Crippen molar-refractivity contribution in [3.63, 3.8) is 0 Å². The van der Waals surface area contributed by atoms with Crippen molar-refractivity contribution in [1.82, 2.24) is 0 Å². The lowest BCUT2D eigenvalue weighted by atomic mass is 9.70. The first-order valence-electron chi connectivity index (χ1n) is 23.7. The van der Waals surface area contributed by atoms with Gasteiger partial charge in [-0.1, -0.05) is 231 Å². The maximum Gasteiger partial charge on any atom is 0.0725 e. The third kappa shape index (κ3) is 5.63. The molecular formula is C67H43N. The molecule has 0 saturated carbocycles. The molecule has 0 amide bonds. The van der Waals surface area contributed by atoms with E-state index in [-0.39, 0.29) is 5.41 Å². The molecular weight excluding hydrogens is 819 g/mol. The van der Waals surface area contributed by atoms with Crippen LogP contribution in [0.25, 0.3) is 88.0 Å². The van der Waals surface area contributed by atoms with Gasteiger partial charge < -0.3 is 4.90 Å². The topological polar surface area (TPSA) is 3.24 Å². The van der Waals surface area contributed by atoms with Crippen LogP contribution in [-0.4, -0.2) is 0 Å². The van der Waals surface area contributed by atoms with Gasteiger partial charge >= 0.3 is 0 Å². The van der Waals surface area contributed by atoms with Gasteiger partial charge in [0.1, 0.15) is 0 Å². The highest BCUT2D eigenvalue weighted by Gasteiger charge is 2.51. The summed E-state index contributed by atoms with van der Waals surface area (Å²) in [4.78, 5) is 2.48. The first-order chi connectivity index (χ1) is 33.7. The van der Waals surface area contributed by atoms with Crippen LogP contribution in [0, 0.1) is 0 Å². The zero-order valence-electron chi connectivity index (χ0n) is 37.3. The molecule has 0 N–H and O–H groups in total. The molecule has 1 nitrogen and oxygen atoms in total. The SMILES string of the molecule is c1ccc(-c2c(N(c3ccc(-c4ccc(-c5ccc6c(c5)-c5ccccc5C65c6ccccc6-c6ccccc65)cc4)cc3)c3cc4ccccc4c4ccccc34)ccc3ccccc23)cc1. The zero-order valence-corrected chi connectivity index (χ0v) is 37.3. The fraction of sp³-hybridized carbons (Fsp3) is 0.0149. The van der Waals surface area contributed by atoms with Crippen molar-refractivity contribution in [3.8, 4) is 55.6 Å². The Hall–Kier alpha value is -8.78. The molecule has 1 spiro atoms. The fourth-order valence-corrected chi connectivity index (χ4v) is 11.9. The summed E-state index contributed by atoms with van der Waals surface area (Å²) in [7, 11) is 0. The maximum absolute atomic E-state index is 2.48. The van der Waals surface area contributed by atoms with E-state index in [1.165, 1.54) is 110 Å². The molecule has 0 saturated heterocycles. The highest BCUT2D eigenvalue weighted by atomic mass is 15.1. The second-order valence-electron chi connectivity index (χ2n) is 18.3. The average Bonchev–Trinajstić information content (AvgIpc) is 3.88. The fourth-order valence-electron chi connectivity index (χ4n) is 11.9. The number of rotatable bonds is 6. The average molecular weight is 862 g/mol. The Morgan fingerprint density at radius 2 is 0.721 bits per heavy atom. The van der Waals surface area contributed by atoms with E-state index in [1.807, 2.05) is 0 Å². The normalized spacial score (nSPS) is 12.8. The number of nitrogens with zero attached hydrogens (tertiary/aromatic N) is 1. The summed E-state index contributed by atoms with van der Waals surface area (Å²) >= 11 is 0. The van der Waals surface area contributed by atoms with E-state index in [0.717, 1.165) is 17.1 Å². The van der Waals surface area contributed by atoms with E-state index >= 15 is 0 Å². The van der Waals surface area contributed by atoms with Crippen molar-refractivity contribution in [3.05, 3.63) is 283 Å². The van der Waals surface area contributed by atoms with Gasteiger partial charge in [0.05, 0.1) is 16.8 Å². The molecule has 2 aliphatic rings. The second kappa shape index (κ2) is 15.1. The summed E-state index contributed by atoms with van der Waals surface area (Å²) in [5.41, 5.74) is 21.0. The first kappa shape index (κ1) is 38.5. The molecule has 14 rings (SSSR count). The van der Waals surface area contributed by atoms with Crippen molar-refractivity contribution in [2.24, 2.45) is 0 Å². The van der Waals surface area contributed by atoms with Gasteiger partial charge in [-0.15, -0.1) is 0 Å². The summed E-state index contributed by atoms with van der Waals surface area (Å²) in [6.07, 6.45) is 0. The van der Waals surface area contributed by atoms with Crippen LogP contribution in [0.1, 0.15) is 22.3 Å². The van der Waals surface area contributed by atoms with Gasteiger partial charge in [-0.25, -0.2) is 0 Å². The van der Waals surface area contributed by atoms with Crippen molar-refractivity contribution in [2.45, 2.75) is 5.41 Å². The number of benzene rings is 12. The standard InChI is InChI=1S/C67H43N/c1-2-17-48(18-3-1)66-53-21-7-4-16-47(53)37-41-64(66)68(65-43-50-19-5-6-20-52(50)54-22-8-9-26-58(54)65)51-38-34-45(35-39-51)44-30-32-46(33-31-44)49-36-40-63-59(42-49)57-25-12-15-29-62(57)67(63)60-27-13-10-23-55(60)56-24-11-14-28-61(56)67/h1-43H. The van der Waals surface area contributed by atoms with Gasteiger partial charge in [0.15, 0.2) is 0 Å². The third-order valence-corrected chi connectivity index (χ3v) is 14.9. The quantitative estimate of drug-likeness (QED) is 0.151. The Morgan fingerprint density at radius 3 is 1.38 bits per heavy atom. The lowest BCUT2D eigenvalue weighted by molar-refractivity contribution is 0.794. The van der Waals surface area contributed by atoms with Crippen LogP contribution in [0.4, 0.5) is 17.1 Å². The molecule has 0 heterocycles. The highest BCUT2D eigenvalue weighted by Crippen LogP contribution is 2.63. The van der Waals surface area contributed by atoms with Crippen LogP contribution < -0.4 is 4.90 Å². The van der Waals surface area contributed by atoms with E-state index < -0.39 is 0 Å². The molecule has 316 valence electrons. The molecule has 0 bridgehead atoms. The molecule has 0 radical (unpaired) electrons. The Labute approximate surface area is 396 Å². The van der Waals surface area contributed by atoms with Gasteiger partial charge in [-0.05, 0) is 130 Å². The predicted molar refractivity (Wildman–Crippen MR) is 286 cm³/mol. The lowest BCUT2D eigenvalue weighted by Gasteiger charge is -2.30. The minimum absolute atomic E-state index is 0.331. The van der Waals surface area contributed by atoms with E-state index in [4.69, 9.17) is 0 Å². The maximum atomic E-state index is 2.48. The minimum Gasteiger partial charge on any atom is -0.309 e. The summed E-state index contributed by atoms with van der Waals surface area (Å²) in [6.45, 7) is 0. The molecule has 0 fully saturated rings. The Bertz CT molecular complexity index is 3910. The van der Waals surface area contributed by atoms with Crippen LogP contribution in [0.5, 0.6) is 0 Å².